The molecule has 2 heterocycles. The number of nitrogens with one attached hydrogen (secondary N) is 1. The highest BCUT2D eigenvalue weighted by atomic mass is 32.1. The van der Waals surface area contributed by atoms with E-state index in [0.717, 1.165) is 12.0 Å². The predicted molar refractivity (Wildman–Crippen MR) is 109 cm³/mol. The van der Waals surface area contributed by atoms with Gasteiger partial charge in [-0.15, -0.1) is 11.3 Å². The van der Waals surface area contributed by atoms with Gasteiger partial charge in [0.2, 0.25) is 5.55 Å². The van der Waals surface area contributed by atoms with Crippen molar-refractivity contribution in [3.8, 4) is 5.75 Å². The quantitative estimate of drug-likeness (QED) is 0.530. The van der Waals surface area contributed by atoms with Crippen molar-refractivity contribution in [2.24, 2.45) is 4.99 Å². The average Bonchev–Trinajstić information content (AvgIpc) is 3.20. The summed E-state index contributed by atoms with van der Waals surface area (Å²) in [5.41, 5.74) is 2.71. The Morgan fingerprint density at radius 3 is 2.93 bits per heavy atom. The summed E-state index contributed by atoms with van der Waals surface area (Å²) in [6.07, 6.45) is 2.50. The Morgan fingerprint density at radius 2 is 2.14 bits per heavy atom. The fourth-order valence-corrected chi connectivity index (χ4v) is 3.29. The third-order valence-electron chi connectivity index (χ3n) is 4.18. The minimum absolute atomic E-state index is 0.0789. The molecule has 2 aromatic carbocycles. The van der Waals surface area contributed by atoms with Gasteiger partial charge in [-0.2, -0.15) is 0 Å². The Bertz CT molecular complexity index is 1210. The van der Waals surface area contributed by atoms with E-state index in [2.05, 4.69) is 22.2 Å². The molecule has 4 rings (SSSR count). The molecule has 0 saturated carbocycles. The van der Waals surface area contributed by atoms with E-state index in [4.69, 9.17) is 4.42 Å². The molecule has 0 aliphatic heterocycles. The zero-order valence-electron chi connectivity index (χ0n) is 15.0. The second kappa shape index (κ2) is 7.66. The summed E-state index contributed by atoms with van der Waals surface area (Å²) in [6.45, 7) is 2.06. The lowest BCUT2D eigenvalue weighted by molar-refractivity contribution is 0.102. The minimum Gasteiger partial charge on any atom is -0.508 e. The second-order valence-corrected chi connectivity index (χ2v) is 7.01. The molecule has 0 spiro atoms. The number of hydrogen-bond donors (Lipinski definition) is 2. The number of carbonyl (C=O) groups excluding carboxylic acids is 1. The molecule has 0 aliphatic carbocycles. The maximum atomic E-state index is 12.8. The molecule has 2 aromatic heterocycles. The van der Waals surface area contributed by atoms with Gasteiger partial charge >= 0.3 is 0 Å². The first-order chi connectivity index (χ1) is 13.6. The van der Waals surface area contributed by atoms with Crippen LogP contribution in [-0.2, 0) is 6.42 Å². The van der Waals surface area contributed by atoms with Crippen LogP contribution in [0.5, 0.6) is 5.75 Å². The Balaban J connectivity index is 1.88. The Labute approximate surface area is 164 Å². The Hall–Kier alpha value is -3.45. The Kier molecular flexibility index (Phi) is 4.90. The molecule has 0 unspecified atom stereocenters. The van der Waals surface area contributed by atoms with Crippen molar-refractivity contribution in [1.82, 2.24) is 4.98 Å². The standard InChI is InChI=1S/C21H17N3O3S/c1-2-13-4-3-5-15(10-13)23-20-17(19(26)24-21-22-8-9-28-21)11-14-6-7-16(25)12-18(14)27-20/h3-12,25H,2H2,1H3,(H,22,24,26). The third kappa shape index (κ3) is 3.79. The molecule has 4 aromatic rings. The number of phenols is 1. The van der Waals surface area contributed by atoms with Crippen LogP contribution in [0.25, 0.3) is 11.0 Å². The van der Waals surface area contributed by atoms with E-state index < -0.39 is 0 Å². The first-order valence-corrected chi connectivity index (χ1v) is 9.62. The topological polar surface area (TPSA) is 87.7 Å². The lowest BCUT2D eigenvalue weighted by atomic mass is 10.1. The zero-order chi connectivity index (χ0) is 19.5. The highest BCUT2D eigenvalue weighted by Gasteiger charge is 2.14. The number of aromatic nitrogens is 1. The first-order valence-electron chi connectivity index (χ1n) is 8.74. The lowest BCUT2D eigenvalue weighted by Gasteiger charge is -2.06. The van der Waals surface area contributed by atoms with Crippen LogP contribution in [-0.4, -0.2) is 16.0 Å². The molecule has 0 radical (unpaired) electrons. The van der Waals surface area contributed by atoms with Crippen molar-refractivity contribution < 1.29 is 14.3 Å². The van der Waals surface area contributed by atoms with Crippen LogP contribution in [0.1, 0.15) is 22.8 Å². The molecule has 7 heteroatoms. The Morgan fingerprint density at radius 1 is 1.25 bits per heavy atom. The van der Waals surface area contributed by atoms with Crippen LogP contribution in [0.2, 0.25) is 0 Å². The fourth-order valence-electron chi connectivity index (χ4n) is 2.77. The molecule has 6 nitrogen and oxygen atoms in total. The van der Waals surface area contributed by atoms with Crippen LogP contribution in [0.3, 0.4) is 0 Å². The number of amides is 1. The average molecular weight is 391 g/mol. The van der Waals surface area contributed by atoms with Gasteiger partial charge in [-0.3, -0.25) is 10.1 Å². The van der Waals surface area contributed by atoms with Crippen molar-refractivity contribution in [2.75, 3.05) is 5.32 Å². The van der Waals surface area contributed by atoms with E-state index >= 15 is 0 Å². The van der Waals surface area contributed by atoms with Crippen LogP contribution in [0.15, 0.2) is 69.5 Å². The lowest BCUT2D eigenvalue weighted by Crippen LogP contribution is -2.21. The van der Waals surface area contributed by atoms with Gasteiger partial charge in [-0.25, -0.2) is 9.98 Å². The number of carbonyl (C=O) groups is 1. The summed E-state index contributed by atoms with van der Waals surface area (Å²) >= 11 is 1.33. The molecule has 28 heavy (non-hydrogen) atoms. The van der Waals surface area contributed by atoms with Crippen molar-refractivity contribution in [3.63, 3.8) is 0 Å². The number of hydrogen-bond acceptors (Lipinski definition) is 6. The van der Waals surface area contributed by atoms with Gasteiger partial charge in [-0.1, -0.05) is 19.1 Å². The predicted octanol–water partition coefficient (Wildman–Crippen LogP) is 4.64. The number of rotatable bonds is 4. The smallest absolute Gasteiger partial charge is 0.262 e. The van der Waals surface area contributed by atoms with Gasteiger partial charge in [0.1, 0.15) is 16.9 Å². The molecule has 0 aliphatic rings. The molecule has 140 valence electrons. The largest absolute Gasteiger partial charge is 0.508 e. The van der Waals surface area contributed by atoms with E-state index in [1.165, 1.54) is 17.4 Å². The number of fused-ring (bicyclic) bond motifs is 1. The number of aryl methyl sites for hydroxylation is 1. The van der Waals surface area contributed by atoms with Crippen LogP contribution < -0.4 is 10.9 Å². The van der Waals surface area contributed by atoms with Crippen LogP contribution in [0, 0.1) is 0 Å². The molecule has 2 N–H and O–H groups in total. The summed E-state index contributed by atoms with van der Waals surface area (Å²) in [7, 11) is 0. The van der Waals surface area contributed by atoms with Crippen molar-refractivity contribution >= 4 is 39.0 Å². The molecule has 0 atom stereocenters. The molecule has 0 fully saturated rings. The maximum Gasteiger partial charge on any atom is 0.262 e. The molecule has 0 saturated heterocycles. The summed E-state index contributed by atoms with van der Waals surface area (Å²) in [5.74, 6) is -0.283. The number of nitrogens with zero attached hydrogens (tertiary/aromatic N) is 2. The number of aromatic hydroxyl groups is 1. The number of benzene rings is 2. The third-order valence-corrected chi connectivity index (χ3v) is 4.87. The van der Waals surface area contributed by atoms with E-state index in [9.17, 15) is 9.90 Å². The van der Waals surface area contributed by atoms with Crippen LogP contribution >= 0.6 is 11.3 Å². The van der Waals surface area contributed by atoms with Gasteiger partial charge in [-0.05, 0) is 42.3 Å². The van der Waals surface area contributed by atoms with Gasteiger partial charge < -0.3 is 9.52 Å². The van der Waals surface area contributed by atoms with Gasteiger partial charge in [0.15, 0.2) is 5.13 Å². The first kappa shape index (κ1) is 17.9. The number of thiazole rings is 1. The maximum absolute atomic E-state index is 12.8. The van der Waals surface area contributed by atoms with E-state index in [1.807, 2.05) is 24.3 Å². The molecular weight excluding hydrogens is 374 g/mol. The summed E-state index contributed by atoms with van der Waals surface area (Å²) in [6, 6.07) is 14.2. The molecule has 1 amide bonds. The number of phenolic OH excluding ortho intramolecular Hbond substituents is 1. The van der Waals surface area contributed by atoms with Gasteiger partial charge in [0, 0.05) is 23.0 Å². The number of anilines is 1. The van der Waals surface area contributed by atoms with Gasteiger partial charge in [0.25, 0.3) is 5.91 Å². The molecular formula is C21H17N3O3S. The molecule has 0 bridgehead atoms. The SMILES string of the molecule is CCc1cccc(N=c2oc3cc(O)ccc3cc2C(=O)Nc2nccs2)c1. The van der Waals surface area contributed by atoms with Crippen molar-refractivity contribution in [1.29, 1.82) is 0 Å². The van der Waals surface area contributed by atoms with Crippen LogP contribution in [0.4, 0.5) is 10.8 Å². The highest BCUT2D eigenvalue weighted by Crippen LogP contribution is 2.21. The van der Waals surface area contributed by atoms with Crippen molar-refractivity contribution in [2.45, 2.75) is 13.3 Å². The summed E-state index contributed by atoms with van der Waals surface area (Å²) in [4.78, 5) is 21.5. The normalized spacial score (nSPS) is 11.7. The van der Waals surface area contributed by atoms with Gasteiger partial charge in [0.05, 0.1) is 5.69 Å². The summed E-state index contributed by atoms with van der Waals surface area (Å²) < 4.78 is 5.89. The van der Waals surface area contributed by atoms with E-state index in [1.54, 1.807) is 29.8 Å². The fraction of sp³-hybridized carbons (Fsp3) is 0.0952. The van der Waals surface area contributed by atoms with Crippen molar-refractivity contribution in [3.05, 3.63) is 76.8 Å². The van der Waals surface area contributed by atoms with E-state index in [0.29, 0.717) is 21.8 Å². The zero-order valence-corrected chi connectivity index (χ0v) is 15.9. The minimum atomic E-state index is -0.362. The monoisotopic (exact) mass is 391 g/mol. The second-order valence-electron chi connectivity index (χ2n) is 6.11. The van der Waals surface area contributed by atoms with E-state index in [-0.39, 0.29) is 22.8 Å². The summed E-state index contributed by atoms with van der Waals surface area (Å²) in [5, 5.41) is 15.5. The highest BCUT2D eigenvalue weighted by molar-refractivity contribution is 7.13.